The quantitative estimate of drug-likeness (QED) is 0.607. The topological polar surface area (TPSA) is 45.1 Å². The number of hydrogen-bond donors (Lipinski definition) is 1. The molecule has 0 aromatic heterocycles. The first kappa shape index (κ1) is 11.4. The average molecular weight is 208 g/mol. The van der Waals surface area contributed by atoms with E-state index in [4.69, 9.17) is 4.74 Å². The lowest BCUT2D eigenvalue weighted by Crippen LogP contribution is -2.07. The van der Waals surface area contributed by atoms with E-state index >= 15 is 0 Å². The fourth-order valence-corrected chi connectivity index (χ4v) is 1.26. The van der Waals surface area contributed by atoms with E-state index in [1.54, 1.807) is 23.2 Å². The molecule has 0 fully saturated rings. The first-order valence-corrected chi connectivity index (χ1v) is 4.64. The number of nitrogens with zero attached hydrogens (tertiary/aromatic N) is 2. The Morgan fingerprint density at radius 2 is 2.07 bits per heavy atom. The van der Waals surface area contributed by atoms with E-state index in [9.17, 15) is 5.11 Å². The molecule has 0 spiro atoms. The van der Waals surface area contributed by atoms with Gasteiger partial charge in [-0.3, -0.25) is 0 Å². The number of rotatable bonds is 3. The molecule has 0 radical (unpaired) electrons. The molecule has 1 aromatic carbocycles. The third-order valence-electron chi connectivity index (χ3n) is 1.95. The molecule has 15 heavy (non-hydrogen) atoms. The summed E-state index contributed by atoms with van der Waals surface area (Å²) in [6.07, 6.45) is 0. The Morgan fingerprint density at radius 1 is 1.40 bits per heavy atom. The first-order valence-electron chi connectivity index (χ1n) is 4.64. The summed E-state index contributed by atoms with van der Waals surface area (Å²) >= 11 is 0. The monoisotopic (exact) mass is 208 g/mol. The number of aromatic hydroxyl groups is 1. The molecule has 0 aliphatic heterocycles. The highest BCUT2D eigenvalue weighted by Gasteiger charge is 2.04. The number of ether oxygens (including phenoxy) is 1. The Bertz CT molecular complexity index is 373. The smallest absolute Gasteiger partial charge is 0.161 e. The number of hydrogen-bond acceptors (Lipinski definition) is 4. The normalized spacial score (nSPS) is 11.3. The van der Waals surface area contributed by atoms with Gasteiger partial charge in [0, 0.05) is 19.7 Å². The molecule has 82 valence electrons. The Balaban J connectivity index is 3.06. The van der Waals surface area contributed by atoms with Gasteiger partial charge in [-0.1, -0.05) is 0 Å². The molecule has 4 nitrogen and oxygen atoms in total. The number of phenols is 1. The first-order chi connectivity index (χ1) is 7.04. The van der Waals surface area contributed by atoms with Crippen LogP contribution in [0, 0.1) is 0 Å². The molecule has 4 heteroatoms. The lowest BCUT2D eigenvalue weighted by Gasteiger charge is -2.09. The molecule has 0 atom stereocenters. The molecule has 0 heterocycles. The predicted octanol–water partition coefficient (Wildman–Crippen LogP) is 1.69. The number of hydrazone groups is 1. The second-order valence-corrected chi connectivity index (χ2v) is 3.42. The Kier molecular flexibility index (Phi) is 3.55. The number of benzene rings is 1. The highest BCUT2D eigenvalue weighted by atomic mass is 16.5. The summed E-state index contributed by atoms with van der Waals surface area (Å²) in [5.74, 6) is 0.597. The van der Waals surface area contributed by atoms with Crippen LogP contribution >= 0.6 is 0 Å². The second kappa shape index (κ2) is 4.68. The molecule has 0 aliphatic carbocycles. The van der Waals surface area contributed by atoms with Gasteiger partial charge in [-0.05, 0) is 25.1 Å². The van der Waals surface area contributed by atoms with Gasteiger partial charge in [0.2, 0.25) is 0 Å². The molecule has 0 saturated carbocycles. The minimum atomic E-state index is 0.138. The Labute approximate surface area is 89.8 Å². The molecule has 0 amide bonds. The standard InChI is InChI=1S/C11H16N2O2/c1-8(12-13(2)3)9-5-6-10(14)11(7-9)15-4/h5-7,14H,1-4H3/b12-8-. The van der Waals surface area contributed by atoms with Gasteiger partial charge in [-0.25, -0.2) is 0 Å². The maximum absolute atomic E-state index is 9.42. The zero-order valence-corrected chi connectivity index (χ0v) is 9.48. The summed E-state index contributed by atoms with van der Waals surface area (Å²) < 4.78 is 5.02. The summed E-state index contributed by atoms with van der Waals surface area (Å²) in [6, 6.07) is 5.17. The van der Waals surface area contributed by atoms with Gasteiger partial charge in [0.25, 0.3) is 0 Å². The Morgan fingerprint density at radius 3 is 2.60 bits per heavy atom. The predicted molar refractivity (Wildman–Crippen MR) is 60.6 cm³/mol. The van der Waals surface area contributed by atoms with E-state index in [0.29, 0.717) is 5.75 Å². The summed E-state index contributed by atoms with van der Waals surface area (Å²) in [5, 5.41) is 15.4. The molecule has 0 saturated heterocycles. The lowest BCUT2D eigenvalue weighted by molar-refractivity contribution is 0.373. The van der Waals surface area contributed by atoms with Crippen LogP contribution in [0.15, 0.2) is 23.3 Å². The van der Waals surface area contributed by atoms with Crippen molar-refractivity contribution in [2.45, 2.75) is 6.92 Å². The molecule has 0 bridgehead atoms. The van der Waals surface area contributed by atoms with E-state index in [1.165, 1.54) is 7.11 Å². The molecule has 0 aliphatic rings. The van der Waals surface area contributed by atoms with Crippen molar-refractivity contribution in [3.63, 3.8) is 0 Å². The molecule has 1 rings (SSSR count). The van der Waals surface area contributed by atoms with Crippen LogP contribution in [0.1, 0.15) is 12.5 Å². The third-order valence-corrected chi connectivity index (χ3v) is 1.95. The fraction of sp³-hybridized carbons (Fsp3) is 0.364. The number of phenolic OH excluding ortho intramolecular Hbond substituents is 1. The molecule has 0 unspecified atom stereocenters. The largest absolute Gasteiger partial charge is 0.504 e. The van der Waals surface area contributed by atoms with Crippen molar-refractivity contribution in [2.24, 2.45) is 5.10 Å². The minimum Gasteiger partial charge on any atom is -0.504 e. The van der Waals surface area contributed by atoms with E-state index in [-0.39, 0.29) is 5.75 Å². The van der Waals surface area contributed by atoms with Crippen molar-refractivity contribution >= 4 is 5.71 Å². The molecule has 1 aromatic rings. The maximum atomic E-state index is 9.42. The van der Waals surface area contributed by atoms with Crippen LogP contribution < -0.4 is 4.74 Å². The van der Waals surface area contributed by atoms with Crippen LogP contribution in [0.5, 0.6) is 11.5 Å². The van der Waals surface area contributed by atoms with Gasteiger partial charge in [0.1, 0.15) is 0 Å². The Hall–Kier alpha value is -1.71. The summed E-state index contributed by atoms with van der Waals surface area (Å²) in [5.41, 5.74) is 1.80. The van der Waals surface area contributed by atoms with E-state index < -0.39 is 0 Å². The molecular weight excluding hydrogens is 192 g/mol. The van der Waals surface area contributed by atoms with Crippen molar-refractivity contribution in [3.8, 4) is 11.5 Å². The van der Waals surface area contributed by atoms with Crippen molar-refractivity contribution in [2.75, 3.05) is 21.2 Å². The van der Waals surface area contributed by atoms with Gasteiger partial charge in [-0.15, -0.1) is 0 Å². The van der Waals surface area contributed by atoms with Gasteiger partial charge in [0.05, 0.1) is 12.8 Å². The average Bonchev–Trinajstić information content (AvgIpc) is 2.17. The highest BCUT2D eigenvalue weighted by molar-refractivity contribution is 5.99. The van der Waals surface area contributed by atoms with Crippen LogP contribution in [0.4, 0.5) is 0 Å². The van der Waals surface area contributed by atoms with Crippen LogP contribution in [-0.2, 0) is 0 Å². The van der Waals surface area contributed by atoms with E-state index in [0.717, 1.165) is 11.3 Å². The van der Waals surface area contributed by atoms with Gasteiger partial charge < -0.3 is 14.9 Å². The number of methoxy groups -OCH3 is 1. The zero-order valence-electron chi connectivity index (χ0n) is 9.48. The molecular formula is C11H16N2O2. The van der Waals surface area contributed by atoms with Crippen LogP contribution in [-0.4, -0.2) is 37.0 Å². The minimum absolute atomic E-state index is 0.138. The SMILES string of the molecule is COc1cc(/C(C)=N\N(C)C)ccc1O. The van der Waals surface area contributed by atoms with Gasteiger partial charge >= 0.3 is 0 Å². The van der Waals surface area contributed by atoms with Crippen LogP contribution in [0.25, 0.3) is 0 Å². The third kappa shape index (κ3) is 2.87. The maximum Gasteiger partial charge on any atom is 0.161 e. The van der Waals surface area contributed by atoms with Gasteiger partial charge in [-0.2, -0.15) is 5.10 Å². The highest BCUT2D eigenvalue weighted by Crippen LogP contribution is 2.26. The van der Waals surface area contributed by atoms with Crippen molar-refractivity contribution in [1.29, 1.82) is 0 Å². The van der Waals surface area contributed by atoms with Crippen LogP contribution in [0.2, 0.25) is 0 Å². The van der Waals surface area contributed by atoms with Crippen molar-refractivity contribution < 1.29 is 9.84 Å². The van der Waals surface area contributed by atoms with Crippen molar-refractivity contribution in [1.82, 2.24) is 5.01 Å². The second-order valence-electron chi connectivity index (χ2n) is 3.42. The lowest BCUT2D eigenvalue weighted by atomic mass is 10.1. The molecule has 1 N–H and O–H groups in total. The van der Waals surface area contributed by atoms with E-state index in [2.05, 4.69) is 5.10 Å². The summed E-state index contributed by atoms with van der Waals surface area (Å²) in [6.45, 7) is 1.91. The van der Waals surface area contributed by atoms with Crippen LogP contribution in [0.3, 0.4) is 0 Å². The van der Waals surface area contributed by atoms with Crippen molar-refractivity contribution in [3.05, 3.63) is 23.8 Å². The van der Waals surface area contributed by atoms with E-state index in [1.807, 2.05) is 21.0 Å². The summed E-state index contributed by atoms with van der Waals surface area (Å²) in [4.78, 5) is 0. The zero-order chi connectivity index (χ0) is 11.4. The van der Waals surface area contributed by atoms with Gasteiger partial charge in [0.15, 0.2) is 11.5 Å². The fourth-order valence-electron chi connectivity index (χ4n) is 1.26. The summed E-state index contributed by atoms with van der Waals surface area (Å²) in [7, 11) is 5.25.